The maximum Gasteiger partial charge on any atom is 0.303 e. The van der Waals surface area contributed by atoms with Gasteiger partial charge < -0.3 is 10.8 Å². The summed E-state index contributed by atoms with van der Waals surface area (Å²) in [7, 11) is 0. The molecule has 0 fully saturated rings. The number of carboxylic acids is 1. The number of carbonyl (C=O) groups is 1. The summed E-state index contributed by atoms with van der Waals surface area (Å²) >= 11 is 1.74. The number of carboxylic acid groups (broad SMARTS) is 1. The third-order valence-corrected chi connectivity index (χ3v) is 4.55. The highest BCUT2D eigenvalue weighted by Crippen LogP contribution is 2.33. The van der Waals surface area contributed by atoms with Gasteiger partial charge in [-0.3, -0.25) is 4.79 Å². The van der Waals surface area contributed by atoms with Crippen LogP contribution in [0.3, 0.4) is 0 Å². The summed E-state index contributed by atoms with van der Waals surface area (Å²) in [5.74, 6) is -0.644. The molecule has 0 bridgehead atoms. The molecule has 0 aliphatic carbocycles. The molecule has 102 valence electrons. The smallest absolute Gasteiger partial charge is 0.303 e. The highest BCUT2D eigenvalue weighted by molar-refractivity contribution is 7.12. The molecule has 1 aromatic heterocycles. The van der Waals surface area contributed by atoms with Gasteiger partial charge in [-0.1, -0.05) is 27.7 Å². The first-order chi connectivity index (χ1) is 8.20. The van der Waals surface area contributed by atoms with Crippen molar-refractivity contribution < 1.29 is 9.90 Å². The van der Waals surface area contributed by atoms with Gasteiger partial charge in [0.25, 0.3) is 0 Å². The van der Waals surface area contributed by atoms with E-state index in [0.717, 1.165) is 11.3 Å². The third kappa shape index (κ3) is 4.42. The SMILES string of the molecule is CC(CC(=O)O)CC(N)c1ccc(C(C)(C)C)s1. The Morgan fingerprint density at radius 3 is 2.50 bits per heavy atom. The molecule has 4 heteroatoms. The van der Waals surface area contributed by atoms with Crippen LogP contribution < -0.4 is 5.73 Å². The molecule has 0 aliphatic heterocycles. The van der Waals surface area contributed by atoms with Crippen molar-refractivity contribution in [3.8, 4) is 0 Å². The Balaban J connectivity index is 2.64. The molecule has 2 atom stereocenters. The molecule has 3 N–H and O–H groups in total. The minimum Gasteiger partial charge on any atom is -0.481 e. The minimum absolute atomic E-state index is 0.0551. The molecule has 3 nitrogen and oxygen atoms in total. The van der Waals surface area contributed by atoms with Crippen LogP contribution in [0.4, 0.5) is 0 Å². The summed E-state index contributed by atoms with van der Waals surface area (Å²) in [5.41, 5.74) is 6.29. The zero-order chi connectivity index (χ0) is 13.9. The lowest BCUT2D eigenvalue weighted by atomic mass is 9.94. The van der Waals surface area contributed by atoms with Gasteiger partial charge >= 0.3 is 5.97 Å². The first-order valence-electron chi connectivity index (χ1n) is 6.27. The average Bonchev–Trinajstić information content (AvgIpc) is 2.63. The standard InChI is InChI=1S/C14H23NO2S/c1-9(8-13(16)17)7-10(15)11-5-6-12(18-11)14(2,3)4/h5-6,9-10H,7-8,15H2,1-4H3,(H,16,17). The fourth-order valence-electron chi connectivity index (χ4n) is 1.89. The molecule has 18 heavy (non-hydrogen) atoms. The van der Waals surface area contributed by atoms with Crippen molar-refractivity contribution in [1.29, 1.82) is 0 Å². The summed E-state index contributed by atoms with van der Waals surface area (Å²) < 4.78 is 0. The first-order valence-corrected chi connectivity index (χ1v) is 7.09. The molecule has 1 heterocycles. The Bertz CT molecular complexity index is 406. The second kappa shape index (κ2) is 5.85. The van der Waals surface area contributed by atoms with Crippen molar-refractivity contribution >= 4 is 17.3 Å². The number of hydrogen-bond donors (Lipinski definition) is 2. The zero-order valence-corrected chi connectivity index (χ0v) is 12.4. The van der Waals surface area contributed by atoms with Crippen LogP contribution in [-0.4, -0.2) is 11.1 Å². The largest absolute Gasteiger partial charge is 0.481 e. The molecule has 2 unspecified atom stereocenters. The van der Waals surface area contributed by atoms with Crippen LogP contribution >= 0.6 is 11.3 Å². The van der Waals surface area contributed by atoms with Crippen LogP contribution in [0.15, 0.2) is 12.1 Å². The van der Waals surface area contributed by atoms with Crippen molar-refractivity contribution in [3.05, 3.63) is 21.9 Å². The van der Waals surface area contributed by atoms with E-state index < -0.39 is 5.97 Å². The molecular formula is C14H23NO2S. The van der Waals surface area contributed by atoms with Gasteiger partial charge in [-0.05, 0) is 29.9 Å². The second-order valence-electron chi connectivity index (χ2n) is 6.00. The molecule has 0 saturated heterocycles. The number of aliphatic carboxylic acids is 1. The van der Waals surface area contributed by atoms with Crippen LogP contribution in [-0.2, 0) is 10.2 Å². The Morgan fingerprint density at radius 2 is 2.06 bits per heavy atom. The van der Waals surface area contributed by atoms with E-state index in [0.29, 0.717) is 0 Å². The molecular weight excluding hydrogens is 246 g/mol. The second-order valence-corrected chi connectivity index (χ2v) is 7.11. The van der Waals surface area contributed by atoms with Gasteiger partial charge in [0.05, 0.1) is 0 Å². The van der Waals surface area contributed by atoms with Gasteiger partial charge in [0, 0.05) is 22.2 Å². The van der Waals surface area contributed by atoms with Crippen molar-refractivity contribution in [2.75, 3.05) is 0 Å². The van der Waals surface area contributed by atoms with E-state index >= 15 is 0 Å². The van der Waals surface area contributed by atoms with E-state index in [4.69, 9.17) is 10.8 Å². The van der Waals surface area contributed by atoms with Crippen molar-refractivity contribution in [1.82, 2.24) is 0 Å². The Morgan fingerprint density at radius 1 is 1.44 bits per heavy atom. The fourth-order valence-corrected chi connectivity index (χ4v) is 2.97. The van der Waals surface area contributed by atoms with Crippen LogP contribution in [0.25, 0.3) is 0 Å². The van der Waals surface area contributed by atoms with Gasteiger partial charge in [-0.25, -0.2) is 0 Å². The summed E-state index contributed by atoms with van der Waals surface area (Å²) in [5, 5.41) is 8.74. The highest BCUT2D eigenvalue weighted by atomic mass is 32.1. The van der Waals surface area contributed by atoms with Gasteiger partial charge in [0.1, 0.15) is 0 Å². The topological polar surface area (TPSA) is 63.3 Å². The molecule has 0 aliphatic rings. The van der Waals surface area contributed by atoms with Crippen molar-refractivity contribution in [2.24, 2.45) is 11.7 Å². The highest BCUT2D eigenvalue weighted by Gasteiger charge is 2.20. The summed E-state index contributed by atoms with van der Waals surface area (Å²) in [6.07, 6.45) is 0.904. The summed E-state index contributed by atoms with van der Waals surface area (Å²) in [6.45, 7) is 8.48. The van der Waals surface area contributed by atoms with Crippen LogP contribution in [0, 0.1) is 5.92 Å². The quantitative estimate of drug-likeness (QED) is 0.859. The van der Waals surface area contributed by atoms with E-state index in [1.165, 1.54) is 4.88 Å². The lowest BCUT2D eigenvalue weighted by molar-refractivity contribution is -0.138. The van der Waals surface area contributed by atoms with E-state index in [1.54, 1.807) is 11.3 Å². The van der Waals surface area contributed by atoms with E-state index in [-0.39, 0.29) is 23.8 Å². The van der Waals surface area contributed by atoms with Crippen molar-refractivity contribution in [3.63, 3.8) is 0 Å². The number of rotatable bonds is 5. The lowest BCUT2D eigenvalue weighted by Gasteiger charge is -2.17. The van der Waals surface area contributed by atoms with E-state index in [1.807, 2.05) is 6.92 Å². The van der Waals surface area contributed by atoms with Crippen LogP contribution in [0.1, 0.15) is 56.3 Å². The Hall–Kier alpha value is -0.870. The van der Waals surface area contributed by atoms with Crippen molar-refractivity contribution in [2.45, 2.75) is 52.0 Å². The molecule has 0 spiro atoms. The summed E-state index contributed by atoms with van der Waals surface area (Å²) in [6, 6.07) is 4.14. The molecule has 0 saturated carbocycles. The van der Waals surface area contributed by atoms with Gasteiger partial charge in [-0.15, -0.1) is 11.3 Å². The third-order valence-electron chi connectivity index (χ3n) is 2.91. The van der Waals surface area contributed by atoms with Gasteiger partial charge in [0.2, 0.25) is 0 Å². The van der Waals surface area contributed by atoms with Crippen LogP contribution in [0.2, 0.25) is 0 Å². The Kier molecular flexibility index (Phi) is 4.93. The number of hydrogen-bond acceptors (Lipinski definition) is 3. The Labute approximate surface area is 113 Å². The predicted octanol–water partition coefficient (Wildman–Crippen LogP) is 3.55. The molecule has 0 amide bonds. The van der Waals surface area contributed by atoms with E-state index in [9.17, 15) is 4.79 Å². The average molecular weight is 269 g/mol. The number of nitrogens with two attached hydrogens (primary N) is 1. The normalized spacial score (nSPS) is 15.4. The maximum absolute atomic E-state index is 10.6. The zero-order valence-electron chi connectivity index (χ0n) is 11.6. The van der Waals surface area contributed by atoms with E-state index in [2.05, 4.69) is 32.9 Å². The predicted molar refractivity (Wildman–Crippen MR) is 76.0 cm³/mol. The number of thiophene rings is 1. The molecule has 0 radical (unpaired) electrons. The molecule has 0 aromatic carbocycles. The maximum atomic E-state index is 10.6. The lowest BCUT2D eigenvalue weighted by Crippen LogP contribution is -2.15. The fraction of sp³-hybridized carbons (Fsp3) is 0.643. The molecule has 1 aromatic rings. The minimum atomic E-state index is -0.753. The van der Waals surface area contributed by atoms with Gasteiger partial charge in [0.15, 0.2) is 0 Å². The molecule has 1 rings (SSSR count). The first kappa shape index (κ1) is 15.2. The summed E-state index contributed by atoms with van der Waals surface area (Å²) in [4.78, 5) is 13.1. The van der Waals surface area contributed by atoms with Gasteiger partial charge in [-0.2, -0.15) is 0 Å². The monoisotopic (exact) mass is 269 g/mol. The van der Waals surface area contributed by atoms with Crippen LogP contribution in [0.5, 0.6) is 0 Å².